The number of rotatable bonds is 7. The average molecular weight is 256 g/mol. The highest BCUT2D eigenvalue weighted by atomic mass is 16.5. The summed E-state index contributed by atoms with van der Waals surface area (Å²) in [7, 11) is 1.63. The quantitative estimate of drug-likeness (QED) is 0.428. The molecule has 1 aromatic carbocycles. The van der Waals surface area contributed by atoms with Crippen LogP contribution in [0.15, 0.2) is 48.1 Å². The Labute approximate surface area is 113 Å². The molecule has 0 atom stereocenters. The van der Waals surface area contributed by atoms with Gasteiger partial charge in [-0.3, -0.25) is 0 Å². The molecule has 1 rings (SSSR count). The number of allylic oxidation sites excluding steroid dienone is 2. The van der Waals surface area contributed by atoms with Crippen LogP contribution in [0.2, 0.25) is 0 Å². The van der Waals surface area contributed by atoms with Crippen molar-refractivity contribution < 1.29 is 9.47 Å². The summed E-state index contributed by atoms with van der Waals surface area (Å²) in [6.07, 6.45) is 1.52. The van der Waals surface area contributed by atoms with E-state index in [9.17, 15) is 0 Å². The first kappa shape index (κ1) is 14.7. The van der Waals surface area contributed by atoms with E-state index in [0.29, 0.717) is 18.8 Å². The van der Waals surface area contributed by atoms with Crippen molar-refractivity contribution in [2.75, 3.05) is 20.3 Å². The van der Waals surface area contributed by atoms with E-state index >= 15 is 0 Å². The van der Waals surface area contributed by atoms with Gasteiger partial charge >= 0.3 is 0 Å². The maximum Gasteiger partial charge on any atom is 0.133 e. The molecule has 0 aliphatic heterocycles. The summed E-state index contributed by atoms with van der Waals surface area (Å²) < 4.78 is 10.4. The van der Waals surface area contributed by atoms with E-state index in [0.717, 1.165) is 11.3 Å². The zero-order valence-electron chi connectivity index (χ0n) is 10.9. The topological polar surface area (TPSA) is 54.6 Å². The molecule has 0 N–H and O–H groups in total. The number of benzene rings is 1. The molecule has 0 saturated heterocycles. The molecule has 0 radical (unpaired) electrons. The smallest absolute Gasteiger partial charge is 0.133 e. The van der Waals surface area contributed by atoms with E-state index < -0.39 is 0 Å². The molecule has 4 heteroatoms. The minimum absolute atomic E-state index is 0.153. The standard InChI is InChI=1S/C15H16N2O2/c1-12(11-17-13(2)10-16)14-4-6-15(7-5-14)19-9-8-18-3/h4-7,11H,1-2,8-9H2,3H3/b17-11+. The highest BCUT2D eigenvalue weighted by Crippen LogP contribution is 2.16. The molecule has 19 heavy (non-hydrogen) atoms. The van der Waals surface area contributed by atoms with Crippen LogP contribution in [0.5, 0.6) is 5.75 Å². The first-order valence-corrected chi connectivity index (χ1v) is 5.71. The summed E-state index contributed by atoms with van der Waals surface area (Å²) in [5.41, 5.74) is 1.77. The van der Waals surface area contributed by atoms with Gasteiger partial charge in [-0.1, -0.05) is 25.3 Å². The summed E-state index contributed by atoms with van der Waals surface area (Å²) in [5.74, 6) is 0.770. The van der Waals surface area contributed by atoms with Gasteiger partial charge in [0.15, 0.2) is 0 Å². The van der Waals surface area contributed by atoms with Crippen LogP contribution in [-0.4, -0.2) is 26.5 Å². The van der Waals surface area contributed by atoms with Gasteiger partial charge in [0, 0.05) is 13.3 Å². The lowest BCUT2D eigenvalue weighted by Crippen LogP contribution is -2.04. The molecule has 0 saturated carbocycles. The lowest BCUT2D eigenvalue weighted by atomic mass is 10.1. The van der Waals surface area contributed by atoms with Crippen molar-refractivity contribution in [1.82, 2.24) is 0 Å². The predicted molar refractivity (Wildman–Crippen MR) is 76.1 cm³/mol. The van der Waals surface area contributed by atoms with Gasteiger partial charge < -0.3 is 9.47 Å². The fraction of sp³-hybridized carbons (Fsp3) is 0.200. The molecule has 0 aliphatic carbocycles. The van der Waals surface area contributed by atoms with Crippen molar-refractivity contribution in [1.29, 1.82) is 5.26 Å². The second-order valence-corrected chi connectivity index (χ2v) is 3.71. The first-order chi connectivity index (χ1) is 9.17. The van der Waals surface area contributed by atoms with Crippen molar-refractivity contribution in [3.8, 4) is 11.8 Å². The highest BCUT2D eigenvalue weighted by Gasteiger charge is 1.98. The number of methoxy groups -OCH3 is 1. The Morgan fingerprint density at radius 1 is 1.32 bits per heavy atom. The van der Waals surface area contributed by atoms with Crippen LogP contribution in [-0.2, 0) is 4.74 Å². The summed E-state index contributed by atoms with van der Waals surface area (Å²) >= 11 is 0. The van der Waals surface area contributed by atoms with Gasteiger partial charge in [-0.05, 0) is 23.3 Å². The third-order valence-corrected chi connectivity index (χ3v) is 2.29. The number of nitriles is 1. The van der Waals surface area contributed by atoms with E-state index in [-0.39, 0.29) is 5.70 Å². The van der Waals surface area contributed by atoms with Crippen LogP contribution < -0.4 is 4.74 Å². The molecule has 0 spiro atoms. The normalized spacial score (nSPS) is 10.1. The highest BCUT2D eigenvalue weighted by molar-refractivity contribution is 6.09. The molecule has 0 unspecified atom stereocenters. The molecule has 4 nitrogen and oxygen atoms in total. The Morgan fingerprint density at radius 2 is 2.00 bits per heavy atom. The van der Waals surface area contributed by atoms with Crippen LogP contribution >= 0.6 is 0 Å². The number of hydrogen-bond donors (Lipinski definition) is 0. The maximum atomic E-state index is 8.54. The molecule has 0 fully saturated rings. The number of nitrogens with zero attached hydrogens (tertiary/aromatic N) is 2. The Balaban J connectivity index is 2.61. The van der Waals surface area contributed by atoms with E-state index in [2.05, 4.69) is 18.2 Å². The molecular weight excluding hydrogens is 240 g/mol. The number of ether oxygens (including phenoxy) is 2. The number of hydrogen-bond acceptors (Lipinski definition) is 4. The van der Waals surface area contributed by atoms with Gasteiger partial charge in [-0.15, -0.1) is 0 Å². The van der Waals surface area contributed by atoms with Crippen LogP contribution in [0.25, 0.3) is 5.57 Å². The van der Waals surface area contributed by atoms with Gasteiger partial charge in [0.1, 0.15) is 24.1 Å². The Hall–Kier alpha value is -2.38. The molecule has 0 aliphatic rings. The zero-order valence-corrected chi connectivity index (χ0v) is 10.9. The lowest BCUT2D eigenvalue weighted by Gasteiger charge is -2.06. The fourth-order valence-electron chi connectivity index (χ4n) is 1.27. The third-order valence-electron chi connectivity index (χ3n) is 2.29. The summed E-state index contributed by atoms with van der Waals surface area (Å²) in [6.45, 7) is 8.41. The van der Waals surface area contributed by atoms with E-state index in [1.807, 2.05) is 30.3 Å². The summed E-state index contributed by atoms with van der Waals surface area (Å²) in [6, 6.07) is 9.31. The Bertz CT molecular complexity index is 510. The molecule has 0 heterocycles. The van der Waals surface area contributed by atoms with Crippen LogP contribution in [0.4, 0.5) is 0 Å². The minimum atomic E-state index is 0.153. The van der Waals surface area contributed by atoms with Gasteiger partial charge in [0.2, 0.25) is 0 Å². The summed E-state index contributed by atoms with van der Waals surface area (Å²) in [5, 5.41) is 8.54. The second-order valence-electron chi connectivity index (χ2n) is 3.71. The fourth-order valence-corrected chi connectivity index (χ4v) is 1.27. The van der Waals surface area contributed by atoms with Crippen molar-refractivity contribution in [2.45, 2.75) is 0 Å². The Morgan fingerprint density at radius 3 is 2.58 bits per heavy atom. The van der Waals surface area contributed by atoms with E-state index in [1.54, 1.807) is 7.11 Å². The molecule has 98 valence electrons. The molecule has 1 aromatic rings. The Kier molecular flexibility index (Phi) is 6.07. The minimum Gasteiger partial charge on any atom is -0.491 e. The zero-order chi connectivity index (χ0) is 14.1. The predicted octanol–water partition coefficient (Wildman–Crippen LogP) is 2.83. The second kappa shape index (κ2) is 7.85. The first-order valence-electron chi connectivity index (χ1n) is 5.71. The van der Waals surface area contributed by atoms with Gasteiger partial charge in [0.05, 0.1) is 6.61 Å². The molecular formula is C15H16N2O2. The van der Waals surface area contributed by atoms with Crippen molar-refractivity contribution in [3.05, 3.63) is 48.7 Å². The van der Waals surface area contributed by atoms with Gasteiger partial charge in [0.25, 0.3) is 0 Å². The largest absolute Gasteiger partial charge is 0.491 e. The monoisotopic (exact) mass is 256 g/mol. The van der Waals surface area contributed by atoms with Crippen molar-refractivity contribution >= 4 is 11.8 Å². The lowest BCUT2D eigenvalue weighted by molar-refractivity contribution is 0.146. The van der Waals surface area contributed by atoms with E-state index in [4.69, 9.17) is 14.7 Å². The van der Waals surface area contributed by atoms with Gasteiger partial charge in [-0.25, -0.2) is 4.99 Å². The SMILES string of the molecule is C=C(C#N)/N=C/C(=C)c1ccc(OCCOC)cc1. The molecule has 0 aromatic heterocycles. The van der Waals surface area contributed by atoms with Crippen molar-refractivity contribution in [2.24, 2.45) is 4.99 Å². The van der Waals surface area contributed by atoms with Crippen LogP contribution in [0.1, 0.15) is 5.56 Å². The average Bonchev–Trinajstić information content (AvgIpc) is 2.45. The number of aliphatic imine (C=N–C) groups is 1. The van der Waals surface area contributed by atoms with E-state index in [1.165, 1.54) is 6.21 Å². The van der Waals surface area contributed by atoms with Gasteiger partial charge in [-0.2, -0.15) is 5.26 Å². The summed E-state index contributed by atoms with van der Waals surface area (Å²) in [4.78, 5) is 3.87. The molecule has 0 bridgehead atoms. The third kappa shape index (κ3) is 5.19. The van der Waals surface area contributed by atoms with Crippen molar-refractivity contribution in [3.63, 3.8) is 0 Å². The molecule has 0 amide bonds. The maximum absolute atomic E-state index is 8.54. The van der Waals surface area contributed by atoms with Crippen LogP contribution in [0.3, 0.4) is 0 Å². The van der Waals surface area contributed by atoms with Crippen LogP contribution in [0, 0.1) is 11.3 Å².